The molecular formula is C19H17NO. The number of anilines is 1. The van der Waals surface area contributed by atoms with Crippen LogP contribution >= 0.6 is 0 Å². The van der Waals surface area contributed by atoms with Gasteiger partial charge < -0.3 is 10.5 Å². The van der Waals surface area contributed by atoms with E-state index in [1.165, 1.54) is 0 Å². The fourth-order valence-corrected chi connectivity index (χ4v) is 2.16. The Kier molecular flexibility index (Phi) is 3.61. The summed E-state index contributed by atoms with van der Waals surface area (Å²) in [7, 11) is 0. The Balaban J connectivity index is 1.82. The molecule has 0 aliphatic carbocycles. The van der Waals surface area contributed by atoms with Gasteiger partial charge in [-0.25, -0.2) is 0 Å². The zero-order valence-corrected chi connectivity index (χ0v) is 11.9. The Bertz CT molecular complexity index is 733. The molecule has 0 aromatic heterocycles. The lowest BCUT2D eigenvalue weighted by molar-refractivity contribution is 0.483. The van der Waals surface area contributed by atoms with E-state index in [9.17, 15) is 0 Å². The lowest BCUT2D eigenvalue weighted by Crippen LogP contribution is -1.90. The highest BCUT2D eigenvalue weighted by Gasteiger charge is 2.02. The zero-order chi connectivity index (χ0) is 14.7. The molecule has 0 aliphatic heterocycles. The average molecular weight is 275 g/mol. The minimum absolute atomic E-state index is 0.817. The van der Waals surface area contributed by atoms with Gasteiger partial charge in [0.25, 0.3) is 0 Å². The van der Waals surface area contributed by atoms with E-state index in [1.54, 1.807) is 0 Å². The summed E-state index contributed by atoms with van der Waals surface area (Å²) in [6, 6.07) is 23.9. The maximum absolute atomic E-state index is 5.97. The molecule has 0 spiro atoms. The zero-order valence-electron chi connectivity index (χ0n) is 11.9. The van der Waals surface area contributed by atoms with E-state index in [1.807, 2.05) is 73.7 Å². The summed E-state index contributed by atoms with van der Waals surface area (Å²) in [5.74, 6) is 1.66. The second kappa shape index (κ2) is 5.71. The van der Waals surface area contributed by atoms with Crippen molar-refractivity contribution in [2.45, 2.75) is 6.92 Å². The highest BCUT2D eigenvalue weighted by atomic mass is 16.5. The van der Waals surface area contributed by atoms with Gasteiger partial charge in [-0.2, -0.15) is 0 Å². The molecule has 3 rings (SSSR count). The molecule has 2 heteroatoms. The number of nitrogens with two attached hydrogens (primary N) is 1. The van der Waals surface area contributed by atoms with E-state index in [0.717, 1.165) is 33.9 Å². The Labute approximate surface area is 124 Å². The number of aryl methyl sites for hydroxylation is 1. The van der Waals surface area contributed by atoms with E-state index in [4.69, 9.17) is 10.5 Å². The first-order valence-electron chi connectivity index (χ1n) is 6.92. The summed E-state index contributed by atoms with van der Waals surface area (Å²) in [5.41, 5.74) is 10.1. The smallest absolute Gasteiger partial charge is 0.127 e. The Morgan fingerprint density at radius 2 is 1.33 bits per heavy atom. The van der Waals surface area contributed by atoms with Crippen LogP contribution in [-0.4, -0.2) is 0 Å². The molecule has 0 radical (unpaired) electrons. The summed E-state index contributed by atoms with van der Waals surface area (Å²) in [5, 5.41) is 0. The fraction of sp³-hybridized carbons (Fsp3) is 0.0526. The van der Waals surface area contributed by atoms with Gasteiger partial charge in [0.2, 0.25) is 0 Å². The third kappa shape index (κ3) is 3.06. The van der Waals surface area contributed by atoms with Crippen molar-refractivity contribution in [2.75, 3.05) is 5.73 Å². The van der Waals surface area contributed by atoms with Crippen molar-refractivity contribution in [3.8, 4) is 22.6 Å². The Hall–Kier alpha value is -2.74. The quantitative estimate of drug-likeness (QED) is 0.680. The van der Waals surface area contributed by atoms with Gasteiger partial charge in [-0.15, -0.1) is 0 Å². The molecule has 0 saturated carbocycles. The number of hydrogen-bond donors (Lipinski definition) is 1. The largest absolute Gasteiger partial charge is 0.457 e. The molecule has 2 N–H and O–H groups in total. The fourth-order valence-electron chi connectivity index (χ4n) is 2.16. The van der Waals surface area contributed by atoms with Crippen molar-refractivity contribution in [1.82, 2.24) is 0 Å². The number of ether oxygens (including phenoxy) is 1. The van der Waals surface area contributed by atoms with Crippen molar-refractivity contribution in [1.29, 1.82) is 0 Å². The molecule has 0 amide bonds. The van der Waals surface area contributed by atoms with Crippen molar-refractivity contribution >= 4 is 5.69 Å². The molecule has 0 unspecified atom stereocenters. The van der Waals surface area contributed by atoms with E-state index >= 15 is 0 Å². The molecule has 0 aliphatic rings. The SMILES string of the molecule is Cc1ccc(-c2ccc(Oc3ccccc3)cc2)cc1N. The van der Waals surface area contributed by atoms with Crippen LogP contribution in [-0.2, 0) is 0 Å². The molecule has 3 aromatic rings. The van der Waals surface area contributed by atoms with Crippen LogP contribution in [0.5, 0.6) is 11.5 Å². The minimum atomic E-state index is 0.817. The highest BCUT2D eigenvalue weighted by Crippen LogP contribution is 2.27. The lowest BCUT2D eigenvalue weighted by atomic mass is 10.0. The molecule has 0 atom stereocenters. The number of rotatable bonds is 3. The Morgan fingerprint density at radius 3 is 2.00 bits per heavy atom. The summed E-state index contributed by atoms with van der Waals surface area (Å²) in [6.45, 7) is 2.01. The number of benzene rings is 3. The molecule has 0 bridgehead atoms. The van der Waals surface area contributed by atoms with Crippen molar-refractivity contribution in [2.24, 2.45) is 0 Å². The van der Waals surface area contributed by atoms with Crippen LogP contribution in [0.15, 0.2) is 72.8 Å². The molecule has 104 valence electrons. The first-order chi connectivity index (χ1) is 10.2. The van der Waals surface area contributed by atoms with E-state index < -0.39 is 0 Å². The molecule has 3 aromatic carbocycles. The topological polar surface area (TPSA) is 35.2 Å². The predicted octanol–water partition coefficient (Wildman–Crippen LogP) is 5.04. The normalized spacial score (nSPS) is 10.3. The lowest BCUT2D eigenvalue weighted by Gasteiger charge is -2.08. The minimum Gasteiger partial charge on any atom is -0.457 e. The third-order valence-corrected chi connectivity index (χ3v) is 3.45. The van der Waals surface area contributed by atoms with Crippen molar-refractivity contribution < 1.29 is 4.74 Å². The van der Waals surface area contributed by atoms with Crippen molar-refractivity contribution in [3.05, 3.63) is 78.4 Å². The number of hydrogen-bond acceptors (Lipinski definition) is 2. The van der Waals surface area contributed by atoms with Crippen LogP contribution in [0, 0.1) is 6.92 Å². The highest BCUT2D eigenvalue weighted by molar-refractivity contribution is 5.69. The number of nitrogen functional groups attached to an aromatic ring is 1. The van der Waals surface area contributed by atoms with E-state index in [-0.39, 0.29) is 0 Å². The average Bonchev–Trinajstić information content (AvgIpc) is 2.52. The molecular weight excluding hydrogens is 258 g/mol. The summed E-state index contributed by atoms with van der Waals surface area (Å²) >= 11 is 0. The van der Waals surface area contributed by atoms with Gasteiger partial charge in [0.15, 0.2) is 0 Å². The first-order valence-corrected chi connectivity index (χ1v) is 6.92. The second-order valence-electron chi connectivity index (χ2n) is 5.01. The summed E-state index contributed by atoms with van der Waals surface area (Å²) in [4.78, 5) is 0. The molecule has 2 nitrogen and oxygen atoms in total. The van der Waals surface area contributed by atoms with Gasteiger partial charge in [0.1, 0.15) is 11.5 Å². The predicted molar refractivity (Wildman–Crippen MR) is 87.5 cm³/mol. The monoisotopic (exact) mass is 275 g/mol. The third-order valence-electron chi connectivity index (χ3n) is 3.45. The molecule has 0 saturated heterocycles. The van der Waals surface area contributed by atoms with Crippen LogP contribution in [0.25, 0.3) is 11.1 Å². The van der Waals surface area contributed by atoms with Gasteiger partial charge in [0.05, 0.1) is 0 Å². The Morgan fingerprint density at radius 1 is 0.714 bits per heavy atom. The van der Waals surface area contributed by atoms with Gasteiger partial charge in [-0.3, -0.25) is 0 Å². The van der Waals surface area contributed by atoms with Crippen LogP contribution in [0.2, 0.25) is 0 Å². The van der Waals surface area contributed by atoms with Crippen molar-refractivity contribution in [3.63, 3.8) is 0 Å². The van der Waals surface area contributed by atoms with E-state index in [0.29, 0.717) is 0 Å². The van der Waals surface area contributed by atoms with E-state index in [2.05, 4.69) is 6.07 Å². The molecule has 21 heavy (non-hydrogen) atoms. The maximum atomic E-state index is 5.97. The van der Waals surface area contributed by atoms with Gasteiger partial charge >= 0.3 is 0 Å². The molecule has 0 fully saturated rings. The maximum Gasteiger partial charge on any atom is 0.127 e. The second-order valence-corrected chi connectivity index (χ2v) is 5.01. The van der Waals surface area contributed by atoms with Crippen LogP contribution < -0.4 is 10.5 Å². The molecule has 0 heterocycles. The summed E-state index contributed by atoms with van der Waals surface area (Å²) in [6.07, 6.45) is 0. The standard InChI is InChI=1S/C19H17NO/c1-14-7-8-16(13-19(14)20)15-9-11-18(12-10-15)21-17-5-3-2-4-6-17/h2-13H,20H2,1H3. The van der Waals surface area contributed by atoms with Gasteiger partial charge in [-0.05, 0) is 53.9 Å². The van der Waals surface area contributed by atoms with Crippen LogP contribution in [0.4, 0.5) is 5.69 Å². The van der Waals surface area contributed by atoms with Gasteiger partial charge in [-0.1, -0.05) is 42.5 Å². The summed E-state index contributed by atoms with van der Waals surface area (Å²) < 4.78 is 5.79. The first kappa shape index (κ1) is 13.3. The van der Waals surface area contributed by atoms with Gasteiger partial charge in [0, 0.05) is 5.69 Å². The number of para-hydroxylation sites is 1. The van der Waals surface area contributed by atoms with Crippen LogP contribution in [0.1, 0.15) is 5.56 Å². The van der Waals surface area contributed by atoms with Crippen LogP contribution in [0.3, 0.4) is 0 Å².